The van der Waals surface area contributed by atoms with E-state index in [4.69, 9.17) is 11.5 Å². The van der Waals surface area contributed by atoms with Gasteiger partial charge in [0.1, 0.15) is 18.1 Å². The molecule has 15 nitrogen and oxygen atoms in total. The van der Waals surface area contributed by atoms with Gasteiger partial charge in [0.05, 0.1) is 12.5 Å². The molecule has 1 aromatic carbocycles. The lowest BCUT2D eigenvalue weighted by Gasteiger charge is -2.24. The maximum absolute atomic E-state index is 13.3. The van der Waals surface area contributed by atoms with E-state index in [9.17, 15) is 34.2 Å². The lowest BCUT2D eigenvalue weighted by Crippen LogP contribution is -2.57. The highest BCUT2D eigenvalue weighted by Gasteiger charge is 2.32. The smallest absolute Gasteiger partial charge is 0.326 e. The number of H-pyrrole nitrogens is 1. The lowest BCUT2D eigenvalue weighted by molar-refractivity contribution is -0.143. The van der Waals surface area contributed by atoms with Crippen LogP contribution >= 0.6 is 0 Å². The third kappa shape index (κ3) is 9.20. The Morgan fingerprint density at radius 1 is 1.00 bits per heavy atom. The number of para-hydroxylation sites is 1. The number of carboxylic acid groups (broad SMARTS) is 2. The quantitative estimate of drug-likeness (QED) is 0.0680. The molecule has 0 bridgehead atoms. The maximum Gasteiger partial charge on any atom is 0.326 e. The van der Waals surface area contributed by atoms with Gasteiger partial charge in [-0.2, -0.15) is 0 Å². The molecule has 1 aromatic heterocycles. The molecule has 222 valence electrons. The average Bonchev–Trinajstić information content (AvgIpc) is 3.60. The number of amides is 3. The molecule has 4 atom stereocenters. The summed E-state index contributed by atoms with van der Waals surface area (Å²) in [4.78, 5) is 69.4. The normalized spacial score (nSPS) is 16.7. The average molecular weight is 573 g/mol. The van der Waals surface area contributed by atoms with Gasteiger partial charge in [0.25, 0.3) is 0 Å². The third-order valence-corrected chi connectivity index (χ3v) is 6.68. The number of rotatable bonds is 15. The molecule has 1 fully saturated rings. The van der Waals surface area contributed by atoms with E-state index in [1.165, 1.54) is 0 Å². The van der Waals surface area contributed by atoms with Crippen LogP contribution in [-0.4, -0.2) is 88.1 Å². The highest BCUT2D eigenvalue weighted by molar-refractivity contribution is 5.96. The molecule has 1 saturated heterocycles. The third-order valence-electron chi connectivity index (χ3n) is 6.68. The fourth-order valence-electron chi connectivity index (χ4n) is 4.60. The van der Waals surface area contributed by atoms with Crippen LogP contribution in [0.3, 0.4) is 0 Å². The number of aromatic nitrogens is 1. The molecule has 0 radical (unpaired) electrons. The Balaban J connectivity index is 1.75. The lowest BCUT2D eigenvalue weighted by atomic mass is 10.0. The number of aliphatic imine (C=N–C) groups is 1. The number of fused-ring (bicyclic) bond motifs is 1. The number of nitrogens with zero attached hydrogens (tertiary/aromatic N) is 1. The van der Waals surface area contributed by atoms with Gasteiger partial charge in [-0.15, -0.1) is 0 Å². The molecular formula is C26H36N8O7. The van der Waals surface area contributed by atoms with Crippen LogP contribution in [0.1, 0.15) is 37.7 Å². The summed E-state index contributed by atoms with van der Waals surface area (Å²) in [7, 11) is 0. The number of carboxylic acids is 2. The van der Waals surface area contributed by atoms with Crippen molar-refractivity contribution in [3.63, 3.8) is 0 Å². The van der Waals surface area contributed by atoms with Crippen molar-refractivity contribution in [3.8, 4) is 0 Å². The van der Waals surface area contributed by atoms with Crippen molar-refractivity contribution in [1.29, 1.82) is 0 Å². The van der Waals surface area contributed by atoms with Crippen LogP contribution in [0.25, 0.3) is 10.9 Å². The summed E-state index contributed by atoms with van der Waals surface area (Å²) in [5, 5.41) is 30.3. The molecule has 2 heterocycles. The van der Waals surface area contributed by atoms with E-state index in [2.05, 4.69) is 31.2 Å². The van der Waals surface area contributed by atoms with Crippen molar-refractivity contribution >= 4 is 46.5 Å². The Hall–Kier alpha value is -4.66. The monoisotopic (exact) mass is 572 g/mol. The summed E-state index contributed by atoms with van der Waals surface area (Å²) in [6.45, 7) is 0.748. The van der Waals surface area contributed by atoms with Crippen LogP contribution in [0.15, 0.2) is 35.5 Å². The van der Waals surface area contributed by atoms with Crippen molar-refractivity contribution in [3.05, 3.63) is 36.0 Å². The summed E-state index contributed by atoms with van der Waals surface area (Å²) >= 11 is 0. The Labute approximate surface area is 235 Å². The van der Waals surface area contributed by atoms with Gasteiger partial charge < -0.3 is 47.9 Å². The second-order valence-electron chi connectivity index (χ2n) is 9.78. The van der Waals surface area contributed by atoms with Crippen LogP contribution in [-0.2, 0) is 30.4 Å². The van der Waals surface area contributed by atoms with E-state index >= 15 is 0 Å². The fraction of sp³-hybridized carbons (Fsp3) is 0.462. The first kappa shape index (κ1) is 30.9. The van der Waals surface area contributed by atoms with E-state index in [0.29, 0.717) is 18.5 Å². The number of nitrogens with one attached hydrogen (secondary N) is 5. The number of carbonyl (C=O) groups excluding carboxylic acids is 3. The predicted molar refractivity (Wildman–Crippen MR) is 149 cm³/mol. The molecule has 0 saturated carbocycles. The Morgan fingerprint density at radius 2 is 1.71 bits per heavy atom. The summed E-state index contributed by atoms with van der Waals surface area (Å²) in [6.07, 6.45) is 2.45. The number of aliphatic carboxylic acids is 2. The first-order chi connectivity index (χ1) is 19.5. The largest absolute Gasteiger partial charge is 0.481 e. The summed E-state index contributed by atoms with van der Waals surface area (Å²) in [5.74, 6) is -5.00. The number of hydrogen-bond acceptors (Lipinski definition) is 7. The number of benzene rings is 1. The molecule has 15 heteroatoms. The van der Waals surface area contributed by atoms with Crippen LogP contribution in [0.4, 0.5) is 0 Å². The Morgan fingerprint density at radius 3 is 2.37 bits per heavy atom. The van der Waals surface area contributed by atoms with Crippen molar-refractivity contribution in [1.82, 2.24) is 26.3 Å². The van der Waals surface area contributed by atoms with Crippen LogP contribution in [0.2, 0.25) is 0 Å². The van der Waals surface area contributed by atoms with Crippen molar-refractivity contribution in [2.75, 3.05) is 13.1 Å². The van der Waals surface area contributed by atoms with E-state index in [0.717, 1.165) is 17.3 Å². The van der Waals surface area contributed by atoms with E-state index in [1.807, 2.05) is 24.3 Å². The first-order valence-electron chi connectivity index (χ1n) is 13.2. The van der Waals surface area contributed by atoms with Gasteiger partial charge in [0.15, 0.2) is 5.96 Å². The zero-order valence-corrected chi connectivity index (χ0v) is 22.4. The van der Waals surface area contributed by atoms with Crippen molar-refractivity contribution < 1.29 is 34.2 Å². The number of carbonyl (C=O) groups is 5. The van der Waals surface area contributed by atoms with E-state index in [-0.39, 0.29) is 31.8 Å². The zero-order valence-electron chi connectivity index (χ0n) is 22.4. The molecule has 4 unspecified atom stereocenters. The predicted octanol–water partition coefficient (Wildman–Crippen LogP) is -1.47. The molecular weight excluding hydrogens is 536 g/mol. The minimum atomic E-state index is -1.46. The van der Waals surface area contributed by atoms with E-state index < -0.39 is 60.2 Å². The molecule has 3 amide bonds. The zero-order chi connectivity index (χ0) is 29.9. The minimum absolute atomic E-state index is 0.00565. The van der Waals surface area contributed by atoms with Gasteiger partial charge >= 0.3 is 11.9 Å². The Kier molecular flexibility index (Phi) is 11.0. The van der Waals surface area contributed by atoms with Crippen LogP contribution in [0.5, 0.6) is 0 Å². The highest BCUT2D eigenvalue weighted by atomic mass is 16.4. The van der Waals surface area contributed by atoms with Gasteiger partial charge in [-0.3, -0.25) is 24.2 Å². The van der Waals surface area contributed by atoms with Gasteiger partial charge in [0.2, 0.25) is 17.7 Å². The standard InChI is InChI=1S/C26H36N8O7/c27-26(28)30-10-4-8-18(32-24(39)19(12-21(35)36)33-22(37)17-7-3-9-29-17)23(38)34-20(25(40)41)11-14-13-31-16-6-2-1-5-15(14)16/h1-2,5-6,13,17-20,29,31H,3-4,7-12H2,(H,32,39)(H,33,37)(H,34,38)(H,35,36)(H,40,41)(H4,27,28,30). The highest BCUT2D eigenvalue weighted by Crippen LogP contribution is 2.19. The van der Waals surface area contributed by atoms with Gasteiger partial charge in [-0.1, -0.05) is 18.2 Å². The molecule has 1 aliphatic rings. The number of guanidine groups is 1. The molecule has 3 rings (SSSR count). The van der Waals surface area contributed by atoms with Gasteiger partial charge in [-0.25, -0.2) is 4.79 Å². The molecule has 0 spiro atoms. The fourth-order valence-corrected chi connectivity index (χ4v) is 4.60. The molecule has 41 heavy (non-hydrogen) atoms. The SMILES string of the molecule is NC(N)=NCCCC(NC(=O)C(CC(=O)O)NC(=O)C1CCCN1)C(=O)NC(Cc1c[nH]c2ccccc12)C(=O)O. The molecule has 0 aliphatic carbocycles. The minimum Gasteiger partial charge on any atom is -0.481 e. The van der Waals surface area contributed by atoms with E-state index in [1.54, 1.807) is 6.20 Å². The van der Waals surface area contributed by atoms with Crippen LogP contribution in [0, 0.1) is 0 Å². The summed E-state index contributed by atoms with van der Waals surface area (Å²) in [6, 6.07) is 2.69. The molecule has 11 N–H and O–H groups in total. The second-order valence-corrected chi connectivity index (χ2v) is 9.78. The van der Waals surface area contributed by atoms with Crippen molar-refractivity contribution in [2.45, 2.75) is 62.7 Å². The van der Waals surface area contributed by atoms with Crippen LogP contribution < -0.4 is 32.7 Å². The Bertz CT molecular complexity index is 1280. The second kappa shape index (κ2) is 14.6. The molecule has 2 aromatic rings. The summed E-state index contributed by atoms with van der Waals surface area (Å²) < 4.78 is 0. The maximum atomic E-state index is 13.3. The van der Waals surface area contributed by atoms with Gasteiger partial charge in [0, 0.05) is 30.1 Å². The number of aromatic amines is 1. The number of nitrogens with two attached hydrogens (primary N) is 2. The van der Waals surface area contributed by atoms with Crippen molar-refractivity contribution in [2.24, 2.45) is 16.5 Å². The first-order valence-corrected chi connectivity index (χ1v) is 13.2. The molecule has 1 aliphatic heterocycles. The topological polar surface area (TPSA) is 254 Å². The number of hydrogen-bond donors (Lipinski definition) is 9. The van der Waals surface area contributed by atoms with Gasteiger partial charge in [-0.05, 0) is 43.9 Å². The summed E-state index contributed by atoms with van der Waals surface area (Å²) in [5.41, 5.74) is 12.2.